The lowest BCUT2D eigenvalue weighted by Crippen LogP contribution is -2.15. The molecule has 1 aromatic carbocycles. The van der Waals surface area contributed by atoms with Crippen LogP contribution in [-0.2, 0) is 0 Å². The first kappa shape index (κ1) is 10.4. The van der Waals surface area contributed by atoms with Gasteiger partial charge in [0.1, 0.15) is 5.75 Å². The van der Waals surface area contributed by atoms with Gasteiger partial charge in [0.25, 0.3) is 5.56 Å². The van der Waals surface area contributed by atoms with Crippen LogP contribution in [0.15, 0.2) is 29.1 Å². The van der Waals surface area contributed by atoms with Gasteiger partial charge in [-0.1, -0.05) is 0 Å². The summed E-state index contributed by atoms with van der Waals surface area (Å²) >= 11 is 0. The van der Waals surface area contributed by atoms with E-state index in [0.29, 0.717) is 17.1 Å². The molecule has 2 rings (SSSR count). The summed E-state index contributed by atoms with van der Waals surface area (Å²) in [6.07, 6.45) is 0. The van der Waals surface area contributed by atoms with Crippen LogP contribution in [-0.4, -0.2) is 16.9 Å². The van der Waals surface area contributed by atoms with Crippen LogP contribution in [0.4, 0.5) is 5.69 Å². The summed E-state index contributed by atoms with van der Waals surface area (Å²) in [6.45, 7) is 1.81. The third-order valence-corrected chi connectivity index (χ3v) is 2.33. The number of benzene rings is 1. The second-order valence-corrected chi connectivity index (χ2v) is 3.54. The van der Waals surface area contributed by atoms with Crippen molar-refractivity contribution in [2.75, 3.05) is 12.8 Å². The van der Waals surface area contributed by atoms with Gasteiger partial charge in [0, 0.05) is 17.8 Å². The van der Waals surface area contributed by atoms with E-state index >= 15 is 0 Å². The molecule has 0 aliphatic carbocycles. The molecule has 2 aromatic rings. The Morgan fingerprint density at radius 2 is 2.12 bits per heavy atom. The Kier molecular flexibility index (Phi) is 2.44. The van der Waals surface area contributed by atoms with E-state index in [-0.39, 0.29) is 5.56 Å². The molecule has 16 heavy (non-hydrogen) atoms. The Labute approximate surface area is 92.4 Å². The molecule has 0 unspecified atom stereocenters. The molecule has 0 bridgehead atoms. The first-order valence-electron chi connectivity index (χ1n) is 4.84. The topological polar surface area (TPSA) is 73.0 Å². The normalized spacial score (nSPS) is 10.4. The van der Waals surface area contributed by atoms with E-state index < -0.39 is 0 Å². The molecule has 1 aromatic heterocycles. The number of nitrogens with one attached hydrogen (secondary N) is 1. The maximum absolute atomic E-state index is 11.6. The van der Waals surface area contributed by atoms with E-state index in [2.05, 4.69) is 5.10 Å². The minimum Gasteiger partial charge on any atom is -0.497 e. The van der Waals surface area contributed by atoms with E-state index in [1.165, 1.54) is 10.7 Å². The molecule has 0 aliphatic heterocycles. The number of hydrogen-bond donors (Lipinski definition) is 2. The van der Waals surface area contributed by atoms with Crippen LogP contribution in [0.1, 0.15) is 5.69 Å². The van der Waals surface area contributed by atoms with E-state index in [4.69, 9.17) is 10.5 Å². The molecule has 1 heterocycles. The van der Waals surface area contributed by atoms with Gasteiger partial charge in [0.05, 0.1) is 18.5 Å². The highest BCUT2D eigenvalue weighted by Gasteiger charge is 2.07. The highest BCUT2D eigenvalue weighted by atomic mass is 16.5. The average molecular weight is 219 g/mol. The number of anilines is 1. The highest BCUT2D eigenvalue weighted by molar-refractivity contribution is 5.60. The number of ether oxygens (including phenoxy) is 1. The van der Waals surface area contributed by atoms with Crippen molar-refractivity contribution in [3.05, 3.63) is 40.3 Å². The molecule has 0 aliphatic rings. The number of hydrogen-bond acceptors (Lipinski definition) is 3. The standard InChI is InChI=1S/C11H13N3O2/c1-7-5-11(15)14(13-7)10-6-8(16-2)3-4-9(10)12/h3-6,13H,12H2,1-2H3. The van der Waals surface area contributed by atoms with Gasteiger partial charge in [0.2, 0.25) is 0 Å². The van der Waals surface area contributed by atoms with Gasteiger partial charge in [0.15, 0.2) is 0 Å². The highest BCUT2D eigenvalue weighted by Crippen LogP contribution is 2.21. The Morgan fingerprint density at radius 1 is 1.38 bits per heavy atom. The molecular formula is C11H13N3O2. The van der Waals surface area contributed by atoms with Gasteiger partial charge in [-0.15, -0.1) is 0 Å². The van der Waals surface area contributed by atoms with E-state index in [1.807, 2.05) is 6.92 Å². The fourth-order valence-corrected chi connectivity index (χ4v) is 1.54. The summed E-state index contributed by atoms with van der Waals surface area (Å²) in [6, 6.07) is 6.68. The SMILES string of the molecule is COc1ccc(N)c(-n2[nH]c(C)cc2=O)c1. The fourth-order valence-electron chi connectivity index (χ4n) is 1.54. The maximum atomic E-state index is 11.6. The minimum atomic E-state index is -0.141. The van der Waals surface area contributed by atoms with Gasteiger partial charge in [-0.05, 0) is 19.1 Å². The van der Waals surface area contributed by atoms with Gasteiger partial charge in [-0.2, -0.15) is 0 Å². The summed E-state index contributed by atoms with van der Waals surface area (Å²) in [5, 5.41) is 2.92. The summed E-state index contributed by atoms with van der Waals surface area (Å²) in [5.74, 6) is 0.656. The average Bonchev–Trinajstić information content (AvgIpc) is 2.58. The summed E-state index contributed by atoms with van der Waals surface area (Å²) < 4.78 is 6.49. The van der Waals surface area contributed by atoms with Crippen LogP contribution in [0.25, 0.3) is 5.69 Å². The van der Waals surface area contributed by atoms with Crippen molar-refractivity contribution in [1.82, 2.24) is 9.78 Å². The third kappa shape index (κ3) is 1.67. The molecular weight excluding hydrogens is 206 g/mol. The second kappa shape index (κ2) is 3.77. The van der Waals surface area contributed by atoms with Gasteiger partial charge < -0.3 is 10.5 Å². The van der Waals surface area contributed by atoms with Crippen LogP contribution in [0.5, 0.6) is 5.75 Å². The Bertz CT molecular complexity index is 569. The maximum Gasteiger partial charge on any atom is 0.271 e. The molecule has 5 heteroatoms. The fraction of sp³-hybridized carbons (Fsp3) is 0.182. The number of aromatic nitrogens is 2. The Morgan fingerprint density at radius 3 is 2.69 bits per heavy atom. The van der Waals surface area contributed by atoms with Crippen molar-refractivity contribution >= 4 is 5.69 Å². The Balaban J connectivity index is 2.63. The lowest BCUT2D eigenvalue weighted by atomic mass is 10.2. The van der Waals surface area contributed by atoms with Crippen molar-refractivity contribution in [2.45, 2.75) is 6.92 Å². The summed E-state index contributed by atoms with van der Waals surface area (Å²) in [7, 11) is 1.57. The molecule has 3 N–H and O–H groups in total. The van der Waals surface area contributed by atoms with Gasteiger partial charge in [-0.25, -0.2) is 4.68 Å². The zero-order chi connectivity index (χ0) is 11.7. The van der Waals surface area contributed by atoms with Crippen molar-refractivity contribution in [3.8, 4) is 11.4 Å². The molecule has 5 nitrogen and oxygen atoms in total. The molecule has 0 amide bonds. The predicted octanol–water partition coefficient (Wildman–Crippen LogP) is 1.06. The van der Waals surface area contributed by atoms with Crippen molar-refractivity contribution < 1.29 is 4.74 Å². The number of aryl methyl sites for hydroxylation is 1. The predicted molar refractivity (Wildman–Crippen MR) is 62.1 cm³/mol. The number of nitrogens with zero attached hydrogens (tertiary/aromatic N) is 1. The molecule has 0 saturated heterocycles. The van der Waals surface area contributed by atoms with Crippen molar-refractivity contribution in [1.29, 1.82) is 0 Å². The number of methoxy groups -OCH3 is 1. The number of aromatic amines is 1. The van der Waals surface area contributed by atoms with Gasteiger partial charge in [-0.3, -0.25) is 9.89 Å². The first-order chi connectivity index (χ1) is 7.61. The lowest BCUT2D eigenvalue weighted by Gasteiger charge is -2.08. The van der Waals surface area contributed by atoms with Crippen LogP contribution in [0, 0.1) is 6.92 Å². The van der Waals surface area contributed by atoms with Gasteiger partial charge >= 0.3 is 0 Å². The summed E-state index contributed by atoms with van der Waals surface area (Å²) in [4.78, 5) is 11.6. The lowest BCUT2D eigenvalue weighted by molar-refractivity contribution is 0.414. The number of nitrogens with two attached hydrogens (primary N) is 1. The van der Waals surface area contributed by atoms with E-state index in [9.17, 15) is 4.79 Å². The zero-order valence-corrected chi connectivity index (χ0v) is 9.15. The third-order valence-electron chi connectivity index (χ3n) is 2.33. The molecule has 0 atom stereocenters. The van der Waals surface area contributed by atoms with Crippen LogP contribution in [0.2, 0.25) is 0 Å². The molecule has 0 radical (unpaired) electrons. The van der Waals surface area contributed by atoms with Crippen LogP contribution >= 0.6 is 0 Å². The zero-order valence-electron chi connectivity index (χ0n) is 9.15. The Hall–Kier alpha value is -2.17. The number of nitrogen functional groups attached to an aromatic ring is 1. The van der Waals surface area contributed by atoms with E-state index in [0.717, 1.165) is 5.69 Å². The molecule has 0 saturated carbocycles. The van der Waals surface area contributed by atoms with Crippen molar-refractivity contribution in [3.63, 3.8) is 0 Å². The smallest absolute Gasteiger partial charge is 0.271 e. The largest absolute Gasteiger partial charge is 0.497 e. The molecule has 0 spiro atoms. The number of H-pyrrole nitrogens is 1. The van der Waals surface area contributed by atoms with Crippen LogP contribution < -0.4 is 16.0 Å². The first-order valence-corrected chi connectivity index (χ1v) is 4.84. The molecule has 0 fully saturated rings. The van der Waals surface area contributed by atoms with Crippen LogP contribution in [0.3, 0.4) is 0 Å². The number of rotatable bonds is 2. The second-order valence-electron chi connectivity index (χ2n) is 3.54. The quantitative estimate of drug-likeness (QED) is 0.742. The molecule has 84 valence electrons. The van der Waals surface area contributed by atoms with E-state index in [1.54, 1.807) is 25.3 Å². The minimum absolute atomic E-state index is 0.141. The monoisotopic (exact) mass is 219 g/mol. The summed E-state index contributed by atoms with van der Waals surface area (Å²) in [5.41, 5.74) is 7.58. The van der Waals surface area contributed by atoms with Crippen molar-refractivity contribution in [2.24, 2.45) is 0 Å².